The van der Waals surface area contributed by atoms with Crippen molar-refractivity contribution in [2.24, 2.45) is 0 Å². The average molecular weight is 266 g/mol. The van der Waals surface area contributed by atoms with Gasteiger partial charge in [-0.25, -0.2) is 8.42 Å². The Labute approximate surface area is 108 Å². The topological polar surface area (TPSA) is 51.2 Å². The Hall–Kier alpha value is -1.16. The van der Waals surface area contributed by atoms with E-state index >= 15 is 0 Å². The summed E-state index contributed by atoms with van der Waals surface area (Å²) in [6, 6.07) is 7.31. The van der Waals surface area contributed by atoms with Gasteiger partial charge in [0.2, 0.25) is 0 Å². The van der Waals surface area contributed by atoms with Crippen molar-refractivity contribution in [3.63, 3.8) is 0 Å². The molecule has 0 atom stereocenters. The molecule has 1 aliphatic rings. The average Bonchev–Trinajstić information content (AvgIpc) is 3.09. The van der Waals surface area contributed by atoms with Gasteiger partial charge in [0.1, 0.15) is 6.29 Å². The van der Waals surface area contributed by atoms with Crippen LogP contribution in [0.2, 0.25) is 0 Å². The quantitative estimate of drug-likeness (QED) is 0.769. The summed E-state index contributed by atoms with van der Waals surface area (Å²) in [6.45, 7) is 3.41. The molecular formula is C14H18O3S. The second kappa shape index (κ2) is 4.50. The fourth-order valence-electron chi connectivity index (χ4n) is 2.28. The summed E-state index contributed by atoms with van der Waals surface area (Å²) in [5.41, 5.74) is 1.19. The van der Waals surface area contributed by atoms with Crippen molar-refractivity contribution in [2.75, 3.05) is 5.75 Å². The first-order valence-electron chi connectivity index (χ1n) is 6.17. The van der Waals surface area contributed by atoms with Gasteiger partial charge in [-0.2, -0.15) is 0 Å². The molecule has 0 amide bonds. The first-order valence-corrected chi connectivity index (χ1v) is 7.89. The van der Waals surface area contributed by atoms with Crippen LogP contribution in [0.15, 0.2) is 24.3 Å². The Morgan fingerprint density at radius 1 is 1.28 bits per heavy atom. The van der Waals surface area contributed by atoms with Crippen LogP contribution >= 0.6 is 0 Å². The Kier molecular flexibility index (Phi) is 3.32. The van der Waals surface area contributed by atoms with Crippen molar-refractivity contribution in [1.29, 1.82) is 0 Å². The molecule has 1 fully saturated rings. The number of rotatable bonds is 5. The molecule has 1 saturated carbocycles. The van der Waals surface area contributed by atoms with Crippen molar-refractivity contribution < 1.29 is 13.2 Å². The fourth-order valence-corrected chi connectivity index (χ4v) is 3.82. The van der Waals surface area contributed by atoms with Crippen LogP contribution in [0.1, 0.15) is 42.6 Å². The summed E-state index contributed by atoms with van der Waals surface area (Å²) in [5.74, 6) is 0.155. The SMILES string of the molecule is CC(C)S(=O)(=O)CC1(c2ccccc2C=O)CC1. The molecule has 1 aromatic carbocycles. The van der Waals surface area contributed by atoms with Crippen LogP contribution in [-0.4, -0.2) is 25.7 Å². The summed E-state index contributed by atoms with van der Waals surface area (Å²) in [5, 5.41) is -0.363. The number of hydrogen-bond acceptors (Lipinski definition) is 3. The van der Waals surface area contributed by atoms with Crippen molar-refractivity contribution >= 4 is 16.1 Å². The predicted molar refractivity (Wildman–Crippen MR) is 71.7 cm³/mol. The van der Waals surface area contributed by atoms with Crippen LogP contribution in [0.5, 0.6) is 0 Å². The van der Waals surface area contributed by atoms with Gasteiger partial charge in [-0.3, -0.25) is 4.79 Å². The smallest absolute Gasteiger partial charge is 0.153 e. The van der Waals surface area contributed by atoms with Crippen LogP contribution in [0.25, 0.3) is 0 Å². The third-order valence-electron chi connectivity index (χ3n) is 3.71. The summed E-state index contributed by atoms with van der Waals surface area (Å²) in [7, 11) is -3.08. The molecule has 4 heteroatoms. The van der Waals surface area contributed by atoms with E-state index in [1.165, 1.54) is 0 Å². The molecule has 98 valence electrons. The highest BCUT2D eigenvalue weighted by atomic mass is 32.2. The lowest BCUT2D eigenvalue weighted by Gasteiger charge is -2.19. The second-order valence-electron chi connectivity index (χ2n) is 5.34. The van der Waals surface area contributed by atoms with E-state index in [1.54, 1.807) is 26.0 Å². The van der Waals surface area contributed by atoms with E-state index in [2.05, 4.69) is 0 Å². The molecule has 18 heavy (non-hydrogen) atoms. The fraction of sp³-hybridized carbons (Fsp3) is 0.500. The summed E-state index contributed by atoms with van der Waals surface area (Å²) in [6.07, 6.45) is 2.52. The monoisotopic (exact) mass is 266 g/mol. The van der Waals surface area contributed by atoms with E-state index in [0.717, 1.165) is 24.7 Å². The Morgan fingerprint density at radius 3 is 2.39 bits per heavy atom. The maximum Gasteiger partial charge on any atom is 0.153 e. The molecule has 0 N–H and O–H groups in total. The van der Waals surface area contributed by atoms with Gasteiger partial charge in [-0.1, -0.05) is 24.3 Å². The predicted octanol–water partition coefficient (Wildman–Crippen LogP) is 2.35. The van der Waals surface area contributed by atoms with Crippen LogP contribution < -0.4 is 0 Å². The van der Waals surface area contributed by atoms with Crippen molar-refractivity contribution in [3.05, 3.63) is 35.4 Å². The zero-order valence-corrected chi connectivity index (χ0v) is 11.5. The largest absolute Gasteiger partial charge is 0.298 e. The molecule has 0 aromatic heterocycles. The van der Waals surface area contributed by atoms with Gasteiger partial charge in [0.25, 0.3) is 0 Å². The van der Waals surface area contributed by atoms with Crippen LogP contribution in [0.3, 0.4) is 0 Å². The lowest BCUT2D eigenvalue weighted by molar-refractivity contribution is 0.112. The minimum absolute atomic E-state index is 0.155. The van der Waals surface area contributed by atoms with Gasteiger partial charge < -0.3 is 0 Å². The van der Waals surface area contributed by atoms with Crippen molar-refractivity contribution in [2.45, 2.75) is 37.4 Å². The number of hydrogen-bond donors (Lipinski definition) is 0. The molecule has 1 aromatic rings. The third kappa shape index (κ3) is 2.34. The van der Waals surface area contributed by atoms with E-state index in [0.29, 0.717) is 5.56 Å². The minimum atomic E-state index is -3.08. The van der Waals surface area contributed by atoms with Crippen LogP contribution in [0, 0.1) is 0 Å². The standard InChI is InChI=1S/C14H18O3S/c1-11(2)18(16,17)10-14(7-8-14)13-6-4-3-5-12(13)9-15/h3-6,9,11H,7-8,10H2,1-2H3. The normalized spacial score (nSPS) is 17.7. The molecular weight excluding hydrogens is 248 g/mol. The van der Waals surface area contributed by atoms with Gasteiger partial charge in [0.05, 0.1) is 11.0 Å². The maximum absolute atomic E-state index is 12.1. The highest BCUT2D eigenvalue weighted by Gasteiger charge is 2.48. The van der Waals surface area contributed by atoms with Gasteiger partial charge >= 0.3 is 0 Å². The summed E-state index contributed by atoms with van der Waals surface area (Å²) in [4.78, 5) is 11.1. The van der Waals surface area contributed by atoms with Gasteiger partial charge in [0.15, 0.2) is 9.84 Å². The van der Waals surface area contributed by atoms with Gasteiger partial charge in [0, 0.05) is 11.0 Å². The number of carbonyl (C=O) groups is 1. The number of benzene rings is 1. The van der Waals surface area contributed by atoms with Gasteiger partial charge in [-0.15, -0.1) is 0 Å². The van der Waals surface area contributed by atoms with Crippen molar-refractivity contribution in [1.82, 2.24) is 0 Å². The number of carbonyl (C=O) groups excluding carboxylic acids is 1. The van der Waals surface area contributed by atoms with Crippen LogP contribution in [-0.2, 0) is 15.3 Å². The van der Waals surface area contributed by atoms with E-state index in [4.69, 9.17) is 0 Å². The second-order valence-corrected chi connectivity index (χ2v) is 7.90. The molecule has 0 heterocycles. The third-order valence-corrected chi connectivity index (χ3v) is 6.10. The maximum atomic E-state index is 12.1. The number of aldehydes is 1. The van der Waals surface area contributed by atoms with Crippen LogP contribution in [0.4, 0.5) is 0 Å². The molecule has 2 rings (SSSR count). The lowest BCUT2D eigenvalue weighted by atomic mass is 9.93. The molecule has 0 radical (unpaired) electrons. The molecule has 0 bridgehead atoms. The minimum Gasteiger partial charge on any atom is -0.298 e. The van der Waals surface area contributed by atoms with Crippen molar-refractivity contribution in [3.8, 4) is 0 Å². The molecule has 3 nitrogen and oxygen atoms in total. The lowest BCUT2D eigenvalue weighted by Crippen LogP contribution is -2.27. The van der Waals surface area contributed by atoms with E-state index in [1.807, 2.05) is 12.1 Å². The Balaban J connectivity index is 2.36. The Morgan fingerprint density at radius 2 is 1.89 bits per heavy atom. The van der Waals surface area contributed by atoms with Gasteiger partial charge in [-0.05, 0) is 32.3 Å². The summed E-state index contributed by atoms with van der Waals surface area (Å²) >= 11 is 0. The first-order chi connectivity index (χ1) is 8.41. The zero-order valence-electron chi connectivity index (χ0n) is 10.7. The Bertz CT molecular complexity index is 554. The molecule has 0 spiro atoms. The molecule has 0 unspecified atom stereocenters. The molecule has 0 aliphatic heterocycles. The zero-order chi connectivity index (χ0) is 13.4. The van der Waals surface area contributed by atoms with E-state index in [-0.39, 0.29) is 16.4 Å². The van der Waals surface area contributed by atoms with E-state index < -0.39 is 9.84 Å². The summed E-state index contributed by atoms with van der Waals surface area (Å²) < 4.78 is 24.1. The first kappa shape index (κ1) is 13.3. The highest BCUT2D eigenvalue weighted by Crippen LogP contribution is 2.50. The van der Waals surface area contributed by atoms with E-state index in [9.17, 15) is 13.2 Å². The molecule has 0 saturated heterocycles. The highest BCUT2D eigenvalue weighted by molar-refractivity contribution is 7.92. The molecule has 1 aliphatic carbocycles. The number of sulfone groups is 1.